The van der Waals surface area contributed by atoms with Crippen molar-refractivity contribution in [1.82, 2.24) is 20.2 Å². The van der Waals surface area contributed by atoms with E-state index in [4.69, 9.17) is 5.11 Å². The van der Waals surface area contributed by atoms with Crippen LogP contribution in [-0.2, 0) is 4.79 Å². The summed E-state index contributed by atoms with van der Waals surface area (Å²) in [6, 6.07) is 1.81. The Morgan fingerprint density at radius 2 is 2.37 bits per heavy atom. The van der Waals surface area contributed by atoms with E-state index in [-0.39, 0.29) is 12.5 Å². The Kier molecular flexibility index (Phi) is 4.26. The van der Waals surface area contributed by atoms with Gasteiger partial charge in [0.15, 0.2) is 5.82 Å². The Morgan fingerprint density at radius 1 is 1.58 bits per heavy atom. The van der Waals surface area contributed by atoms with Gasteiger partial charge in [-0.25, -0.2) is 4.68 Å². The van der Waals surface area contributed by atoms with Gasteiger partial charge in [-0.05, 0) is 40.8 Å². The molecule has 1 unspecified atom stereocenters. The molecule has 0 saturated heterocycles. The second kappa shape index (κ2) is 5.92. The van der Waals surface area contributed by atoms with Gasteiger partial charge in [-0.1, -0.05) is 13.3 Å². The summed E-state index contributed by atoms with van der Waals surface area (Å²) in [5, 5.41) is 22.7. The number of carboxylic acid groups (broad SMARTS) is 1. The van der Waals surface area contributed by atoms with Gasteiger partial charge < -0.3 is 5.11 Å². The van der Waals surface area contributed by atoms with Gasteiger partial charge in [0.1, 0.15) is 0 Å². The molecule has 1 N–H and O–H groups in total. The molecule has 2 aromatic rings. The van der Waals surface area contributed by atoms with Crippen LogP contribution in [0.2, 0.25) is 0 Å². The molecule has 2 aromatic heterocycles. The quantitative estimate of drug-likeness (QED) is 0.879. The molecule has 0 bridgehead atoms. The van der Waals surface area contributed by atoms with E-state index in [1.165, 1.54) is 0 Å². The lowest BCUT2D eigenvalue weighted by atomic mass is 10.1. The normalized spacial score (nSPS) is 12.5. The smallest absolute Gasteiger partial charge is 0.305 e. The molecule has 0 aromatic carbocycles. The average Bonchev–Trinajstić information content (AvgIpc) is 2.95. The maximum absolute atomic E-state index is 11.0. The van der Waals surface area contributed by atoms with E-state index in [2.05, 4.69) is 15.5 Å². The first-order chi connectivity index (χ1) is 9.13. The molecule has 0 aliphatic rings. The minimum atomic E-state index is -0.831. The predicted molar refractivity (Wildman–Crippen MR) is 72.1 cm³/mol. The highest BCUT2D eigenvalue weighted by Gasteiger charge is 2.21. The Balaban J connectivity index is 2.36. The third-order valence-corrected chi connectivity index (χ3v) is 3.95. The fraction of sp³-hybridized carbons (Fsp3) is 0.500. The average molecular weight is 280 g/mol. The predicted octanol–water partition coefficient (Wildman–Crippen LogP) is 2.53. The lowest BCUT2D eigenvalue weighted by Gasteiger charge is -2.15. The Bertz CT molecular complexity index is 564. The van der Waals surface area contributed by atoms with Crippen molar-refractivity contribution < 1.29 is 9.90 Å². The van der Waals surface area contributed by atoms with Crippen molar-refractivity contribution in [3.63, 3.8) is 0 Å². The van der Waals surface area contributed by atoms with Gasteiger partial charge >= 0.3 is 5.97 Å². The van der Waals surface area contributed by atoms with E-state index in [1.54, 1.807) is 16.0 Å². The number of aliphatic carboxylic acids is 1. The van der Waals surface area contributed by atoms with Crippen molar-refractivity contribution in [3.8, 4) is 10.7 Å². The van der Waals surface area contributed by atoms with Crippen molar-refractivity contribution in [2.45, 2.75) is 39.2 Å². The summed E-state index contributed by atoms with van der Waals surface area (Å²) < 4.78 is 1.65. The molecule has 0 spiro atoms. The number of aromatic nitrogens is 4. The monoisotopic (exact) mass is 280 g/mol. The van der Waals surface area contributed by atoms with Crippen molar-refractivity contribution in [2.75, 3.05) is 0 Å². The zero-order valence-corrected chi connectivity index (χ0v) is 11.7. The van der Waals surface area contributed by atoms with Gasteiger partial charge in [-0.15, -0.1) is 16.4 Å². The van der Waals surface area contributed by atoms with Crippen LogP contribution in [0, 0.1) is 6.92 Å². The lowest BCUT2D eigenvalue weighted by molar-refractivity contribution is -0.138. The Morgan fingerprint density at radius 3 is 2.95 bits per heavy atom. The molecular weight excluding hydrogens is 264 g/mol. The van der Waals surface area contributed by atoms with Crippen LogP contribution >= 0.6 is 11.3 Å². The Hall–Kier alpha value is -1.76. The van der Waals surface area contributed by atoms with E-state index in [1.807, 2.05) is 25.3 Å². The minimum Gasteiger partial charge on any atom is -0.481 e. The minimum absolute atomic E-state index is 0.0380. The molecule has 2 rings (SSSR count). The maximum Gasteiger partial charge on any atom is 0.305 e. The molecule has 19 heavy (non-hydrogen) atoms. The summed E-state index contributed by atoms with van der Waals surface area (Å²) >= 11 is 1.57. The van der Waals surface area contributed by atoms with E-state index in [0.717, 1.165) is 23.3 Å². The Labute approximate surface area is 115 Å². The second-order valence-corrected chi connectivity index (χ2v) is 5.34. The number of nitrogens with zero attached hydrogens (tertiary/aromatic N) is 4. The van der Waals surface area contributed by atoms with E-state index in [9.17, 15) is 4.79 Å². The highest BCUT2D eigenvalue weighted by Crippen LogP contribution is 2.30. The highest BCUT2D eigenvalue weighted by molar-refractivity contribution is 7.13. The molecule has 0 saturated carbocycles. The van der Waals surface area contributed by atoms with Crippen LogP contribution in [0.4, 0.5) is 0 Å². The topological polar surface area (TPSA) is 80.9 Å². The van der Waals surface area contributed by atoms with E-state index < -0.39 is 5.97 Å². The molecule has 0 aliphatic carbocycles. The molecule has 1 atom stereocenters. The molecule has 0 aliphatic heterocycles. The number of aryl methyl sites for hydroxylation is 1. The van der Waals surface area contributed by atoms with Gasteiger partial charge in [0, 0.05) is 0 Å². The number of hydrogen-bond acceptors (Lipinski definition) is 5. The first kappa shape index (κ1) is 13.7. The van der Waals surface area contributed by atoms with Gasteiger partial charge in [-0.2, -0.15) is 0 Å². The summed E-state index contributed by atoms with van der Waals surface area (Å²) in [7, 11) is 0. The van der Waals surface area contributed by atoms with Gasteiger partial charge in [0.25, 0.3) is 0 Å². The van der Waals surface area contributed by atoms with Crippen molar-refractivity contribution in [3.05, 3.63) is 17.0 Å². The molecule has 2 heterocycles. The summed E-state index contributed by atoms with van der Waals surface area (Å²) in [6.07, 6.45) is 1.67. The third-order valence-electron chi connectivity index (χ3n) is 2.94. The van der Waals surface area contributed by atoms with Gasteiger partial charge in [-0.3, -0.25) is 4.79 Å². The molecule has 0 amide bonds. The molecule has 0 radical (unpaired) electrons. The van der Waals surface area contributed by atoms with Crippen LogP contribution in [-0.4, -0.2) is 31.3 Å². The molecular formula is C12H16N4O2S. The van der Waals surface area contributed by atoms with Crippen LogP contribution in [0.3, 0.4) is 0 Å². The second-order valence-electron chi connectivity index (χ2n) is 4.42. The largest absolute Gasteiger partial charge is 0.481 e. The number of rotatable bonds is 6. The lowest BCUT2D eigenvalue weighted by Crippen LogP contribution is -2.16. The zero-order valence-electron chi connectivity index (χ0n) is 10.9. The van der Waals surface area contributed by atoms with Crippen molar-refractivity contribution >= 4 is 17.3 Å². The molecule has 7 heteroatoms. The first-order valence-corrected chi connectivity index (χ1v) is 7.05. The number of thiophene rings is 1. The fourth-order valence-electron chi connectivity index (χ4n) is 2.04. The molecule has 102 valence electrons. The first-order valence-electron chi connectivity index (χ1n) is 6.17. The fourth-order valence-corrected chi connectivity index (χ4v) is 2.94. The maximum atomic E-state index is 11.0. The number of hydrogen-bond donors (Lipinski definition) is 1. The van der Waals surface area contributed by atoms with E-state index >= 15 is 0 Å². The highest BCUT2D eigenvalue weighted by atomic mass is 32.1. The molecule has 0 fully saturated rings. The van der Waals surface area contributed by atoms with Crippen LogP contribution in [0.1, 0.15) is 37.8 Å². The standard InChI is InChI=1S/C12H16N4O2S/c1-3-4-9(7-10(17)18)16-12(13-14-15-16)11-8(2)5-6-19-11/h5-6,9H,3-4,7H2,1-2H3,(H,17,18). The summed E-state index contributed by atoms with van der Waals surface area (Å²) in [5.74, 6) is -0.171. The van der Waals surface area contributed by atoms with Crippen LogP contribution in [0.5, 0.6) is 0 Å². The van der Waals surface area contributed by atoms with Crippen LogP contribution in [0.15, 0.2) is 11.4 Å². The van der Waals surface area contributed by atoms with E-state index in [0.29, 0.717) is 5.82 Å². The summed E-state index contributed by atoms with van der Waals surface area (Å²) in [4.78, 5) is 12.0. The van der Waals surface area contributed by atoms with Gasteiger partial charge in [0.05, 0.1) is 17.3 Å². The number of tetrazole rings is 1. The van der Waals surface area contributed by atoms with Crippen molar-refractivity contribution in [2.24, 2.45) is 0 Å². The van der Waals surface area contributed by atoms with Crippen LogP contribution < -0.4 is 0 Å². The summed E-state index contributed by atoms with van der Waals surface area (Å²) in [6.45, 7) is 4.02. The zero-order chi connectivity index (χ0) is 13.8. The SMILES string of the molecule is CCCC(CC(=O)O)n1nnnc1-c1sccc1C. The third kappa shape index (κ3) is 2.98. The summed E-state index contributed by atoms with van der Waals surface area (Å²) in [5.41, 5.74) is 1.10. The van der Waals surface area contributed by atoms with Gasteiger partial charge in [0.2, 0.25) is 0 Å². The van der Waals surface area contributed by atoms with Crippen molar-refractivity contribution in [1.29, 1.82) is 0 Å². The number of carboxylic acids is 1. The molecule has 6 nitrogen and oxygen atoms in total. The van der Waals surface area contributed by atoms with Crippen LogP contribution in [0.25, 0.3) is 10.7 Å². The number of carbonyl (C=O) groups is 1.